The van der Waals surface area contributed by atoms with E-state index in [4.69, 9.17) is 0 Å². The Bertz CT molecular complexity index is 485. The van der Waals surface area contributed by atoms with Gasteiger partial charge in [0, 0.05) is 0 Å². The Hall–Kier alpha value is -0.113. The molecule has 0 spiro atoms. The van der Waals surface area contributed by atoms with Crippen LogP contribution in [0.3, 0.4) is 0 Å². The molecule has 0 fully saturated rings. The van der Waals surface area contributed by atoms with E-state index in [1.54, 1.807) is 19.5 Å². The minimum atomic E-state index is -1.21. The van der Waals surface area contributed by atoms with Crippen LogP contribution >= 0.6 is 0 Å². The molecule has 0 aromatic heterocycles. The molecule has 0 radical (unpaired) electrons. The zero-order valence-corrected chi connectivity index (χ0v) is 17.4. The average molecular weight is 361 g/mol. The monoisotopic (exact) mass is 360 g/mol. The van der Waals surface area contributed by atoms with Crippen LogP contribution in [0.2, 0.25) is 38.3 Å². The molecule has 2 aliphatic rings. The zero-order chi connectivity index (χ0) is 15.7. The van der Waals surface area contributed by atoms with Crippen molar-refractivity contribution in [1.82, 2.24) is 0 Å². The first-order valence-electron chi connectivity index (χ1n) is 8.21. The molecule has 0 atom stereocenters. The molecule has 0 aromatic rings. The maximum absolute atomic E-state index is 2.52. The van der Waals surface area contributed by atoms with Crippen molar-refractivity contribution in [3.8, 4) is 0 Å². The standard InChI is InChI=1S/2C9H15Si.Ni/c2*1-4-10(2,3)9-7-5-6-8-9;/h2*5,7H,4,6H2,1-3H3;. The van der Waals surface area contributed by atoms with E-state index in [-0.39, 0.29) is 0 Å². The van der Waals surface area contributed by atoms with Gasteiger partial charge >= 0.3 is 139 Å². The normalized spacial score (nSPS) is 19.5. The van der Waals surface area contributed by atoms with Crippen LogP contribution in [0.5, 0.6) is 0 Å². The Kier molecular flexibility index (Phi) is 5.39. The van der Waals surface area contributed by atoms with Gasteiger partial charge in [-0.2, -0.15) is 0 Å². The van der Waals surface area contributed by atoms with Gasteiger partial charge in [-0.25, -0.2) is 0 Å². The van der Waals surface area contributed by atoms with Crippen molar-refractivity contribution in [1.29, 1.82) is 0 Å². The number of hydrogen-bond donors (Lipinski definition) is 0. The summed E-state index contributed by atoms with van der Waals surface area (Å²) in [5.41, 5.74) is 0. The molecular weight excluding hydrogens is 331 g/mol. The van der Waals surface area contributed by atoms with Gasteiger partial charge in [-0.1, -0.05) is 0 Å². The van der Waals surface area contributed by atoms with E-state index in [2.05, 4.69) is 64.3 Å². The quantitative estimate of drug-likeness (QED) is 0.507. The summed E-state index contributed by atoms with van der Waals surface area (Å²) in [6.45, 7) is 14.8. The summed E-state index contributed by atoms with van der Waals surface area (Å²) in [5, 5.41) is 3.44. The fourth-order valence-electron chi connectivity index (χ4n) is 2.73. The van der Waals surface area contributed by atoms with Gasteiger partial charge in [-0.05, 0) is 0 Å². The van der Waals surface area contributed by atoms with Gasteiger partial charge in [0.05, 0.1) is 0 Å². The predicted octanol–water partition coefficient (Wildman–Crippen LogP) is 6.03. The molecule has 0 unspecified atom stereocenters. The van der Waals surface area contributed by atoms with Crippen LogP contribution in [0, 0.1) is 0 Å². The Morgan fingerprint density at radius 2 is 1.19 bits per heavy atom. The third-order valence-electron chi connectivity index (χ3n) is 5.11. The Morgan fingerprint density at radius 3 is 1.52 bits per heavy atom. The van der Waals surface area contributed by atoms with Gasteiger partial charge in [0.1, 0.15) is 0 Å². The predicted molar refractivity (Wildman–Crippen MR) is 97.5 cm³/mol. The van der Waals surface area contributed by atoms with Gasteiger partial charge in [-0.3, -0.25) is 0 Å². The summed E-state index contributed by atoms with van der Waals surface area (Å²) in [6, 6.07) is 2.69. The van der Waals surface area contributed by atoms with Crippen molar-refractivity contribution in [3.05, 3.63) is 43.8 Å². The van der Waals surface area contributed by atoms with E-state index in [0.717, 1.165) is 0 Å². The molecule has 0 saturated carbocycles. The molecule has 0 bridgehead atoms. The van der Waals surface area contributed by atoms with Crippen LogP contribution in [-0.4, -0.2) is 16.1 Å². The molecule has 21 heavy (non-hydrogen) atoms. The minimum absolute atomic E-state index is 1.18. The SMILES string of the molecule is CC[Si](C)(C)C1=[C]([Ni][C]2=C([Si](C)(C)CC)C=CC2)CC=C1. The van der Waals surface area contributed by atoms with Gasteiger partial charge in [0.15, 0.2) is 0 Å². The summed E-state index contributed by atoms with van der Waals surface area (Å²) in [7, 11) is -2.42. The second kappa shape index (κ2) is 6.56. The summed E-state index contributed by atoms with van der Waals surface area (Å²) in [5.74, 6) is 0. The fourth-order valence-corrected chi connectivity index (χ4v) is 9.77. The van der Waals surface area contributed by atoms with Crippen LogP contribution in [0.25, 0.3) is 0 Å². The van der Waals surface area contributed by atoms with Crippen molar-refractivity contribution < 1.29 is 14.4 Å². The van der Waals surface area contributed by atoms with Crippen molar-refractivity contribution in [2.45, 2.75) is 65.0 Å². The number of allylic oxidation sites excluding steroid dienone is 8. The zero-order valence-electron chi connectivity index (χ0n) is 14.5. The summed E-state index contributed by atoms with van der Waals surface area (Å²) in [6.07, 6.45) is 12.0. The number of rotatable bonds is 6. The van der Waals surface area contributed by atoms with E-state index in [1.807, 2.05) is 14.4 Å². The molecule has 3 heteroatoms. The first kappa shape index (κ1) is 17.2. The maximum atomic E-state index is 2.52. The molecule has 0 aromatic carbocycles. The van der Waals surface area contributed by atoms with Crippen molar-refractivity contribution in [3.63, 3.8) is 0 Å². The topological polar surface area (TPSA) is 0 Å². The van der Waals surface area contributed by atoms with Crippen molar-refractivity contribution in [2.75, 3.05) is 0 Å². The Labute approximate surface area is 139 Å². The molecule has 0 heterocycles. The van der Waals surface area contributed by atoms with Gasteiger partial charge in [0.2, 0.25) is 0 Å². The molecule has 120 valence electrons. The van der Waals surface area contributed by atoms with Gasteiger partial charge in [0.25, 0.3) is 0 Å². The van der Waals surface area contributed by atoms with Gasteiger partial charge in [-0.15, -0.1) is 0 Å². The molecule has 2 aliphatic carbocycles. The molecule has 0 nitrogen and oxygen atoms in total. The third-order valence-corrected chi connectivity index (χ3v) is 14.4. The van der Waals surface area contributed by atoms with Crippen LogP contribution in [0.1, 0.15) is 26.7 Å². The molecule has 0 N–H and O–H groups in total. The molecular formula is C18H30NiSi2. The van der Waals surface area contributed by atoms with Crippen LogP contribution in [-0.2, 0) is 14.4 Å². The van der Waals surface area contributed by atoms with Crippen LogP contribution < -0.4 is 0 Å². The molecule has 2 rings (SSSR count). The summed E-state index contributed by atoms with van der Waals surface area (Å²) < 4.78 is 3.36. The molecule has 0 saturated heterocycles. The Morgan fingerprint density at radius 1 is 0.810 bits per heavy atom. The van der Waals surface area contributed by atoms with E-state index >= 15 is 0 Å². The summed E-state index contributed by atoms with van der Waals surface area (Å²) >= 11 is 1.90. The average Bonchev–Trinajstić information content (AvgIpc) is 3.09. The number of hydrogen-bond acceptors (Lipinski definition) is 0. The van der Waals surface area contributed by atoms with E-state index in [9.17, 15) is 0 Å². The molecule has 0 amide bonds. The van der Waals surface area contributed by atoms with Crippen LogP contribution in [0.4, 0.5) is 0 Å². The third kappa shape index (κ3) is 3.63. The van der Waals surface area contributed by atoms with Crippen molar-refractivity contribution in [2.24, 2.45) is 0 Å². The van der Waals surface area contributed by atoms with Crippen molar-refractivity contribution >= 4 is 16.1 Å². The summed E-state index contributed by atoms with van der Waals surface area (Å²) in [4.78, 5) is 0. The van der Waals surface area contributed by atoms with E-state index in [1.165, 1.54) is 24.9 Å². The Balaban J connectivity index is 2.30. The van der Waals surface area contributed by atoms with E-state index in [0.29, 0.717) is 0 Å². The van der Waals surface area contributed by atoms with Crippen LogP contribution in [0.15, 0.2) is 43.8 Å². The van der Waals surface area contributed by atoms with Gasteiger partial charge < -0.3 is 0 Å². The first-order chi connectivity index (χ1) is 9.81. The molecule has 0 aliphatic heterocycles. The fraction of sp³-hybridized carbons (Fsp3) is 0.556. The van der Waals surface area contributed by atoms with E-state index < -0.39 is 16.1 Å². The first-order valence-corrected chi connectivity index (χ1v) is 15.6. The second-order valence-electron chi connectivity index (χ2n) is 7.33. The second-order valence-corrected chi connectivity index (χ2v) is 18.8.